The molecule has 1 unspecified atom stereocenters. The first-order chi connectivity index (χ1) is 10.1. The summed E-state index contributed by atoms with van der Waals surface area (Å²) in [5.74, 6) is -0.111. The predicted octanol–water partition coefficient (Wildman–Crippen LogP) is 6.08. The van der Waals surface area contributed by atoms with Crippen molar-refractivity contribution >= 4 is 36.5 Å². The predicted molar refractivity (Wildman–Crippen MR) is 112 cm³/mol. The molecule has 0 aliphatic rings. The van der Waals surface area contributed by atoms with Gasteiger partial charge in [-0.25, -0.2) is 0 Å². The summed E-state index contributed by atoms with van der Waals surface area (Å²) in [4.78, 5) is 20.7. The van der Waals surface area contributed by atoms with Crippen LogP contribution in [0.2, 0.25) is 0 Å². The molecule has 0 rings (SSSR count). The molecule has 0 saturated carbocycles. The third kappa shape index (κ3) is 16.5. The van der Waals surface area contributed by atoms with Crippen LogP contribution in [-0.4, -0.2) is 12.6 Å². The standard InChI is InChI=1S/2C10H16O.HI.V/c1-6-10(4,5)9(7-11)8(2)3;1-9(2)5-4-6-10(3)7-8-11;;/h6-7,9H,1-2H2,3-5H3;5,7-8H,4,6H2,1-3H3;1H;/b;10-7+;;. The van der Waals surface area contributed by atoms with E-state index in [-0.39, 0.29) is 53.9 Å². The van der Waals surface area contributed by atoms with Crippen LogP contribution in [-0.2, 0) is 28.1 Å². The largest absolute Gasteiger partial charge is 0.303 e. The molecule has 0 fully saturated rings. The van der Waals surface area contributed by atoms with Crippen LogP contribution in [0.5, 0.6) is 0 Å². The van der Waals surface area contributed by atoms with Crippen molar-refractivity contribution in [3.8, 4) is 0 Å². The molecule has 2 nitrogen and oxygen atoms in total. The summed E-state index contributed by atoms with van der Waals surface area (Å²) in [6.45, 7) is 19.4. The van der Waals surface area contributed by atoms with E-state index < -0.39 is 0 Å². The second-order valence-corrected chi connectivity index (χ2v) is 6.45. The van der Waals surface area contributed by atoms with E-state index in [1.807, 2.05) is 27.7 Å². The molecule has 4 heteroatoms. The second-order valence-electron chi connectivity index (χ2n) is 6.45. The van der Waals surface area contributed by atoms with Gasteiger partial charge < -0.3 is 4.79 Å². The molecule has 0 bridgehead atoms. The van der Waals surface area contributed by atoms with E-state index in [9.17, 15) is 9.59 Å². The quantitative estimate of drug-likeness (QED) is 0.182. The summed E-state index contributed by atoms with van der Waals surface area (Å²) in [6, 6.07) is 0. The Hall–Kier alpha value is -0.386. The molecule has 0 aliphatic heterocycles. The van der Waals surface area contributed by atoms with Gasteiger partial charge in [-0.1, -0.05) is 49.3 Å². The minimum atomic E-state index is -0.173. The van der Waals surface area contributed by atoms with Gasteiger partial charge in [0.25, 0.3) is 0 Å². The zero-order chi connectivity index (χ0) is 17.8. The average molecular weight is 483 g/mol. The van der Waals surface area contributed by atoms with E-state index in [4.69, 9.17) is 0 Å². The molecule has 0 N–H and O–H groups in total. The molecule has 0 aromatic carbocycles. The van der Waals surface area contributed by atoms with Gasteiger partial charge in [0.15, 0.2) is 0 Å². The first kappa shape index (κ1) is 31.4. The number of halogens is 1. The fourth-order valence-corrected chi connectivity index (χ4v) is 1.84. The Bertz CT molecular complexity index is 445. The molecule has 0 spiro atoms. The molecular formula is C20H33IO2V. The molecule has 0 amide bonds. The molecule has 0 aromatic heterocycles. The van der Waals surface area contributed by atoms with Crippen LogP contribution >= 0.6 is 24.0 Å². The number of carbonyl (C=O) groups excluding carboxylic acids is 2. The summed E-state index contributed by atoms with van der Waals surface area (Å²) in [5, 5.41) is 0. The van der Waals surface area contributed by atoms with E-state index in [0.29, 0.717) is 0 Å². The molecule has 1 atom stereocenters. The zero-order valence-electron chi connectivity index (χ0n) is 16.0. The Morgan fingerprint density at radius 3 is 1.88 bits per heavy atom. The van der Waals surface area contributed by atoms with Crippen molar-refractivity contribution in [2.24, 2.45) is 11.3 Å². The van der Waals surface area contributed by atoms with E-state index in [1.54, 1.807) is 12.2 Å². The van der Waals surface area contributed by atoms with Gasteiger partial charge in [0, 0.05) is 24.5 Å². The Morgan fingerprint density at radius 2 is 1.62 bits per heavy atom. The molecule has 0 heterocycles. The Kier molecular flexibility index (Phi) is 22.8. The van der Waals surface area contributed by atoms with Gasteiger partial charge in [-0.05, 0) is 52.0 Å². The fraction of sp³-hybridized carbons (Fsp3) is 0.500. The van der Waals surface area contributed by atoms with E-state index in [2.05, 4.69) is 33.1 Å². The molecule has 0 saturated heterocycles. The first-order valence-corrected chi connectivity index (χ1v) is 7.61. The Morgan fingerprint density at radius 1 is 1.12 bits per heavy atom. The van der Waals surface area contributed by atoms with Gasteiger partial charge >= 0.3 is 0 Å². The number of allylic oxidation sites excluding steroid dienone is 6. The van der Waals surface area contributed by atoms with Crippen LogP contribution in [0.4, 0.5) is 0 Å². The van der Waals surface area contributed by atoms with E-state index in [1.165, 1.54) is 5.57 Å². The molecule has 1 radical (unpaired) electrons. The molecule has 137 valence electrons. The first-order valence-electron chi connectivity index (χ1n) is 7.61. The zero-order valence-corrected chi connectivity index (χ0v) is 19.7. The van der Waals surface area contributed by atoms with Crippen molar-refractivity contribution in [2.75, 3.05) is 0 Å². The van der Waals surface area contributed by atoms with Gasteiger partial charge in [-0.15, -0.1) is 30.6 Å². The van der Waals surface area contributed by atoms with Crippen molar-refractivity contribution in [3.05, 3.63) is 48.1 Å². The van der Waals surface area contributed by atoms with Gasteiger partial charge in [0.1, 0.15) is 12.6 Å². The fourth-order valence-electron chi connectivity index (χ4n) is 1.84. The average Bonchev–Trinajstić information content (AvgIpc) is 2.39. The summed E-state index contributed by atoms with van der Waals surface area (Å²) < 4.78 is 0. The van der Waals surface area contributed by atoms with Gasteiger partial charge in [0.05, 0.1) is 0 Å². The summed E-state index contributed by atoms with van der Waals surface area (Å²) >= 11 is 0. The van der Waals surface area contributed by atoms with Gasteiger partial charge in [-0.3, -0.25) is 4.79 Å². The summed E-state index contributed by atoms with van der Waals surface area (Å²) in [7, 11) is 0. The number of carbonyl (C=O) groups is 2. The van der Waals surface area contributed by atoms with Crippen LogP contribution in [0.3, 0.4) is 0 Å². The molecular weight excluding hydrogens is 450 g/mol. The Labute approximate surface area is 177 Å². The molecule has 24 heavy (non-hydrogen) atoms. The van der Waals surface area contributed by atoms with Crippen molar-refractivity contribution in [3.63, 3.8) is 0 Å². The third-order valence-corrected chi connectivity index (χ3v) is 3.44. The summed E-state index contributed by atoms with van der Waals surface area (Å²) in [5.41, 5.74) is 3.21. The second kappa shape index (κ2) is 17.4. The smallest absolute Gasteiger partial charge is 0.142 e. The monoisotopic (exact) mass is 483 g/mol. The number of hydrogen-bond donors (Lipinski definition) is 0. The van der Waals surface area contributed by atoms with E-state index >= 15 is 0 Å². The SMILES string of the molecule is C=CC(C)(C)C(C=O)C(=C)C.CC(C)=CCC/C(C)=C/C=O.I.[V]. The number of rotatable bonds is 8. The van der Waals surface area contributed by atoms with Crippen molar-refractivity contribution in [1.82, 2.24) is 0 Å². The maximum absolute atomic E-state index is 10.6. The van der Waals surface area contributed by atoms with Crippen LogP contribution in [0.25, 0.3) is 0 Å². The number of hydrogen-bond acceptors (Lipinski definition) is 2. The van der Waals surface area contributed by atoms with Crippen LogP contribution < -0.4 is 0 Å². The van der Waals surface area contributed by atoms with Crippen LogP contribution in [0.1, 0.15) is 54.4 Å². The normalized spacial score (nSPS) is 11.3. The van der Waals surface area contributed by atoms with Crippen LogP contribution in [0, 0.1) is 11.3 Å². The van der Waals surface area contributed by atoms with Crippen molar-refractivity contribution in [1.29, 1.82) is 0 Å². The third-order valence-electron chi connectivity index (χ3n) is 3.44. The van der Waals surface area contributed by atoms with Gasteiger partial charge in [-0.2, -0.15) is 0 Å². The topological polar surface area (TPSA) is 34.1 Å². The van der Waals surface area contributed by atoms with Crippen molar-refractivity contribution in [2.45, 2.75) is 54.4 Å². The van der Waals surface area contributed by atoms with Crippen molar-refractivity contribution < 1.29 is 28.1 Å². The number of aldehydes is 2. The minimum Gasteiger partial charge on any atom is -0.303 e. The maximum Gasteiger partial charge on any atom is 0.142 e. The van der Waals surface area contributed by atoms with Gasteiger partial charge in [0.2, 0.25) is 0 Å². The van der Waals surface area contributed by atoms with E-state index in [0.717, 1.165) is 36.6 Å². The minimum absolute atomic E-state index is 0. The Balaban J connectivity index is -0.000000154. The molecule has 0 aromatic rings. The molecule has 0 aliphatic carbocycles. The maximum atomic E-state index is 10.6. The van der Waals surface area contributed by atoms with Crippen LogP contribution in [0.15, 0.2) is 48.1 Å². The summed E-state index contributed by atoms with van der Waals surface area (Å²) in [6.07, 6.45) is 9.41.